The van der Waals surface area contributed by atoms with Crippen molar-refractivity contribution in [2.45, 2.75) is 44.9 Å². The van der Waals surface area contributed by atoms with Gasteiger partial charge in [0.1, 0.15) is 11.5 Å². The van der Waals surface area contributed by atoms with Crippen LogP contribution in [0.3, 0.4) is 0 Å². The second-order valence-electron chi connectivity index (χ2n) is 6.56. The minimum Gasteiger partial charge on any atom is -0.438 e. The standard InChI is InChI=1S/C15H21N3O5S/c1-10-8-11(16-23-10)9-18(5)14(19)12-6-7-13(22-12)24(20,21)17-15(2,3)4/h6-8,17H,9H2,1-5H3. The van der Waals surface area contributed by atoms with Crippen LogP contribution in [-0.4, -0.2) is 37.0 Å². The molecule has 0 unspecified atom stereocenters. The predicted octanol–water partition coefficient (Wildman–Crippen LogP) is 1.93. The average Bonchev–Trinajstić information content (AvgIpc) is 3.04. The Bertz CT molecular complexity index is 829. The van der Waals surface area contributed by atoms with E-state index in [-0.39, 0.29) is 17.4 Å². The van der Waals surface area contributed by atoms with Gasteiger partial charge in [-0.2, -0.15) is 0 Å². The number of aryl methyl sites for hydroxylation is 1. The topological polar surface area (TPSA) is 106 Å². The second-order valence-corrected chi connectivity index (χ2v) is 8.18. The first-order valence-corrected chi connectivity index (χ1v) is 8.78. The van der Waals surface area contributed by atoms with Gasteiger partial charge in [0.2, 0.25) is 5.09 Å². The number of aromatic nitrogens is 1. The maximum Gasteiger partial charge on any atom is 0.289 e. The number of nitrogens with one attached hydrogen (secondary N) is 1. The molecule has 0 aromatic carbocycles. The Morgan fingerprint density at radius 3 is 2.54 bits per heavy atom. The van der Waals surface area contributed by atoms with Crippen molar-refractivity contribution < 1.29 is 22.2 Å². The van der Waals surface area contributed by atoms with Crippen LogP contribution >= 0.6 is 0 Å². The third kappa shape index (κ3) is 4.45. The Kier molecular flexibility index (Phi) is 4.86. The Morgan fingerprint density at radius 1 is 1.33 bits per heavy atom. The fourth-order valence-electron chi connectivity index (χ4n) is 2.03. The summed E-state index contributed by atoms with van der Waals surface area (Å²) in [6, 6.07) is 4.31. The van der Waals surface area contributed by atoms with Crippen molar-refractivity contribution in [3.63, 3.8) is 0 Å². The van der Waals surface area contributed by atoms with E-state index in [1.165, 1.54) is 17.0 Å². The summed E-state index contributed by atoms with van der Waals surface area (Å²) in [4.78, 5) is 13.7. The first kappa shape index (κ1) is 18.2. The van der Waals surface area contributed by atoms with Crippen LogP contribution in [0.25, 0.3) is 0 Å². The van der Waals surface area contributed by atoms with Crippen molar-refractivity contribution in [1.82, 2.24) is 14.8 Å². The van der Waals surface area contributed by atoms with Gasteiger partial charge in [-0.25, -0.2) is 13.1 Å². The molecule has 2 aromatic rings. The number of nitrogens with zero attached hydrogens (tertiary/aromatic N) is 2. The smallest absolute Gasteiger partial charge is 0.289 e. The van der Waals surface area contributed by atoms with Crippen LogP contribution in [-0.2, 0) is 16.6 Å². The maximum atomic E-state index is 12.3. The third-order valence-electron chi connectivity index (χ3n) is 2.92. The van der Waals surface area contributed by atoms with E-state index in [0.29, 0.717) is 11.5 Å². The van der Waals surface area contributed by atoms with Crippen LogP contribution in [0.15, 0.2) is 32.2 Å². The zero-order valence-corrected chi connectivity index (χ0v) is 15.1. The molecule has 1 amide bonds. The summed E-state index contributed by atoms with van der Waals surface area (Å²) in [5.74, 6) is 0.130. The number of carbonyl (C=O) groups is 1. The minimum atomic E-state index is -3.83. The molecule has 1 N–H and O–H groups in total. The Balaban J connectivity index is 2.13. The van der Waals surface area contributed by atoms with Crippen LogP contribution in [0.4, 0.5) is 0 Å². The average molecular weight is 355 g/mol. The van der Waals surface area contributed by atoms with Gasteiger partial charge in [-0.15, -0.1) is 0 Å². The highest BCUT2D eigenvalue weighted by Crippen LogP contribution is 2.18. The van der Waals surface area contributed by atoms with Gasteiger partial charge >= 0.3 is 0 Å². The number of amides is 1. The lowest BCUT2D eigenvalue weighted by Crippen LogP contribution is -2.40. The summed E-state index contributed by atoms with van der Waals surface area (Å²) in [6.45, 7) is 7.12. The molecule has 9 heteroatoms. The molecule has 0 fully saturated rings. The molecule has 0 aliphatic rings. The number of rotatable bonds is 5. The monoisotopic (exact) mass is 355 g/mol. The number of furan rings is 1. The van der Waals surface area contributed by atoms with Crippen LogP contribution in [0, 0.1) is 6.92 Å². The zero-order chi connectivity index (χ0) is 18.1. The number of hydrogen-bond donors (Lipinski definition) is 1. The molecule has 0 aliphatic carbocycles. The van der Waals surface area contributed by atoms with Gasteiger partial charge in [0.15, 0.2) is 5.76 Å². The molecular formula is C15H21N3O5S. The molecule has 0 saturated heterocycles. The lowest BCUT2D eigenvalue weighted by molar-refractivity contribution is 0.0744. The summed E-state index contributed by atoms with van der Waals surface area (Å²) >= 11 is 0. The molecule has 8 nitrogen and oxygen atoms in total. The number of hydrogen-bond acceptors (Lipinski definition) is 6. The summed E-state index contributed by atoms with van der Waals surface area (Å²) < 4.78 is 37.0. The summed E-state index contributed by atoms with van der Waals surface area (Å²) in [5.41, 5.74) is -0.0608. The van der Waals surface area contributed by atoms with Crippen molar-refractivity contribution in [2.75, 3.05) is 7.05 Å². The van der Waals surface area contributed by atoms with Crippen molar-refractivity contribution in [3.8, 4) is 0 Å². The lowest BCUT2D eigenvalue weighted by Gasteiger charge is -2.19. The molecule has 0 radical (unpaired) electrons. The van der Waals surface area contributed by atoms with E-state index in [1.807, 2.05) is 0 Å². The first-order chi connectivity index (χ1) is 11.0. The van der Waals surface area contributed by atoms with E-state index < -0.39 is 21.5 Å². The maximum absolute atomic E-state index is 12.3. The molecule has 0 spiro atoms. The molecular weight excluding hydrogens is 334 g/mol. The summed E-state index contributed by atoms with van der Waals surface area (Å²) in [5, 5.41) is 3.51. The van der Waals surface area contributed by atoms with Crippen molar-refractivity contribution in [1.29, 1.82) is 0 Å². The third-order valence-corrected chi connectivity index (χ3v) is 4.55. The highest BCUT2D eigenvalue weighted by Gasteiger charge is 2.27. The SMILES string of the molecule is Cc1cc(CN(C)C(=O)c2ccc(S(=O)(=O)NC(C)(C)C)o2)no1. The highest BCUT2D eigenvalue weighted by molar-refractivity contribution is 7.89. The molecule has 2 aromatic heterocycles. The fraction of sp³-hybridized carbons (Fsp3) is 0.467. The van der Waals surface area contributed by atoms with Crippen LogP contribution in [0.1, 0.15) is 42.8 Å². The van der Waals surface area contributed by atoms with Crippen molar-refractivity contribution >= 4 is 15.9 Å². The van der Waals surface area contributed by atoms with Gasteiger partial charge in [0.05, 0.1) is 6.54 Å². The van der Waals surface area contributed by atoms with Crippen molar-refractivity contribution in [3.05, 3.63) is 35.4 Å². The van der Waals surface area contributed by atoms with E-state index in [0.717, 1.165) is 0 Å². The van der Waals surface area contributed by atoms with E-state index in [1.54, 1.807) is 40.8 Å². The van der Waals surface area contributed by atoms with Crippen molar-refractivity contribution in [2.24, 2.45) is 0 Å². The van der Waals surface area contributed by atoms with Gasteiger partial charge in [-0.05, 0) is 39.8 Å². The Labute approximate surface area is 140 Å². The van der Waals surface area contributed by atoms with Crippen LogP contribution in [0.2, 0.25) is 0 Å². The zero-order valence-electron chi connectivity index (χ0n) is 14.3. The van der Waals surface area contributed by atoms with Gasteiger partial charge in [0.25, 0.3) is 15.9 Å². The fourth-order valence-corrected chi connectivity index (χ4v) is 3.38. The molecule has 0 aliphatic heterocycles. The van der Waals surface area contributed by atoms with E-state index in [4.69, 9.17) is 8.94 Å². The summed E-state index contributed by atoms with van der Waals surface area (Å²) in [6.07, 6.45) is 0. The summed E-state index contributed by atoms with van der Waals surface area (Å²) in [7, 11) is -2.26. The van der Waals surface area contributed by atoms with E-state index in [9.17, 15) is 13.2 Å². The number of sulfonamides is 1. The van der Waals surface area contributed by atoms with E-state index >= 15 is 0 Å². The Hall–Kier alpha value is -2.13. The van der Waals surface area contributed by atoms with Gasteiger partial charge < -0.3 is 13.8 Å². The highest BCUT2D eigenvalue weighted by atomic mass is 32.2. The van der Waals surface area contributed by atoms with Gasteiger partial charge in [-0.1, -0.05) is 5.16 Å². The van der Waals surface area contributed by atoms with E-state index in [2.05, 4.69) is 9.88 Å². The normalized spacial score (nSPS) is 12.4. The number of carbonyl (C=O) groups excluding carboxylic acids is 1. The van der Waals surface area contributed by atoms with Crippen LogP contribution < -0.4 is 4.72 Å². The van der Waals surface area contributed by atoms with Gasteiger partial charge in [-0.3, -0.25) is 4.79 Å². The lowest BCUT2D eigenvalue weighted by atomic mass is 10.1. The molecule has 0 bridgehead atoms. The molecule has 2 rings (SSSR count). The molecule has 2 heterocycles. The van der Waals surface area contributed by atoms with Crippen LogP contribution in [0.5, 0.6) is 0 Å². The Morgan fingerprint density at radius 2 is 2.00 bits per heavy atom. The molecule has 0 atom stereocenters. The molecule has 132 valence electrons. The quantitative estimate of drug-likeness (QED) is 0.878. The van der Waals surface area contributed by atoms with Gasteiger partial charge in [0, 0.05) is 18.7 Å². The predicted molar refractivity (Wildman–Crippen MR) is 85.8 cm³/mol. The largest absolute Gasteiger partial charge is 0.438 e. The molecule has 0 saturated carbocycles. The second kappa shape index (κ2) is 6.40. The minimum absolute atomic E-state index is 0.0630. The first-order valence-electron chi connectivity index (χ1n) is 7.29. The molecule has 24 heavy (non-hydrogen) atoms.